The van der Waals surface area contributed by atoms with E-state index in [1.807, 2.05) is 37.0 Å². The predicted molar refractivity (Wildman–Crippen MR) is 58.7 cm³/mol. The Kier molecular flexibility index (Phi) is 2.49. The van der Waals surface area contributed by atoms with E-state index in [-0.39, 0.29) is 6.04 Å². The van der Waals surface area contributed by atoms with Crippen LogP contribution >= 0.6 is 0 Å². The zero-order chi connectivity index (χ0) is 10.8. The number of nitrogens with zero attached hydrogens (tertiary/aromatic N) is 2. The molecule has 0 spiro atoms. The second-order valence-corrected chi connectivity index (χ2v) is 3.65. The van der Waals surface area contributed by atoms with E-state index in [1.54, 1.807) is 6.26 Å². The number of hydrogen-bond acceptors (Lipinski definition) is 3. The van der Waals surface area contributed by atoms with Crippen LogP contribution in [0, 0.1) is 6.92 Å². The van der Waals surface area contributed by atoms with E-state index in [2.05, 4.69) is 17.3 Å². The molecule has 0 aliphatic carbocycles. The van der Waals surface area contributed by atoms with Crippen molar-refractivity contribution >= 4 is 5.69 Å². The quantitative estimate of drug-likeness (QED) is 0.837. The van der Waals surface area contributed by atoms with Gasteiger partial charge in [-0.25, -0.2) is 0 Å². The van der Waals surface area contributed by atoms with Gasteiger partial charge in [-0.2, -0.15) is 5.10 Å². The zero-order valence-corrected chi connectivity index (χ0v) is 9.19. The molecule has 0 bridgehead atoms. The number of anilines is 1. The molecule has 2 rings (SSSR count). The van der Waals surface area contributed by atoms with E-state index in [4.69, 9.17) is 4.42 Å². The standard InChI is InChI=1S/C11H15N3O/c1-8(11-5-4-6-15-11)13-10-7-12-14(3)9(10)2/h4-8,13H,1-3H3. The van der Waals surface area contributed by atoms with Crippen LogP contribution in [0.5, 0.6) is 0 Å². The Bertz CT molecular complexity index is 431. The van der Waals surface area contributed by atoms with Crippen molar-refractivity contribution in [1.29, 1.82) is 0 Å². The van der Waals surface area contributed by atoms with Gasteiger partial charge in [0.25, 0.3) is 0 Å². The highest BCUT2D eigenvalue weighted by molar-refractivity contribution is 5.47. The van der Waals surface area contributed by atoms with Crippen LogP contribution in [-0.4, -0.2) is 9.78 Å². The fourth-order valence-corrected chi connectivity index (χ4v) is 1.48. The molecule has 80 valence electrons. The van der Waals surface area contributed by atoms with Gasteiger partial charge in [0.1, 0.15) is 5.76 Å². The summed E-state index contributed by atoms with van der Waals surface area (Å²) in [5.41, 5.74) is 2.16. The first-order valence-corrected chi connectivity index (χ1v) is 4.97. The van der Waals surface area contributed by atoms with Crippen LogP contribution in [0.15, 0.2) is 29.0 Å². The van der Waals surface area contributed by atoms with Gasteiger partial charge in [0.2, 0.25) is 0 Å². The Labute approximate surface area is 88.9 Å². The molecule has 0 radical (unpaired) electrons. The molecule has 2 aromatic rings. The number of nitrogens with one attached hydrogen (secondary N) is 1. The summed E-state index contributed by atoms with van der Waals surface area (Å²) in [6.45, 7) is 4.09. The highest BCUT2D eigenvalue weighted by Crippen LogP contribution is 2.21. The molecule has 0 saturated heterocycles. The Balaban J connectivity index is 2.12. The zero-order valence-electron chi connectivity index (χ0n) is 9.19. The van der Waals surface area contributed by atoms with E-state index in [0.717, 1.165) is 17.1 Å². The lowest BCUT2D eigenvalue weighted by Crippen LogP contribution is -2.06. The van der Waals surface area contributed by atoms with Crippen LogP contribution in [0.4, 0.5) is 5.69 Å². The minimum absolute atomic E-state index is 0.155. The first-order chi connectivity index (χ1) is 7.18. The third-order valence-corrected chi connectivity index (χ3v) is 2.58. The van der Waals surface area contributed by atoms with Crippen molar-refractivity contribution in [2.75, 3.05) is 5.32 Å². The number of rotatable bonds is 3. The number of hydrogen-bond donors (Lipinski definition) is 1. The molecule has 1 atom stereocenters. The van der Waals surface area contributed by atoms with E-state index in [0.29, 0.717) is 0 Å². The monoisotopic (exact) mass is 205 g/mol. The van der Waals surface area contributed by atoms with Gasteiger partial charge in [-0.15, -0.1) is 0 Å². The molecule has 1 unspecified atom stereocenters. The van der Waals surface area contributed by atoms with Crippen molar-refractivity contribution in [2.24, 2.45) is 7.05 Å². The fourth-order valence-electron chi connectivity index (χ4n) is 1.48. The maximum atomic E-state index is 5.32. The molecule has 0 aliphatic rings. The van der Waals surface area contributed by atoms with Crippen molar-refractivity contribution in [3.05, 3.63) is 36.0 Å². The Hall–Kier alpha value is -1.71. The molecule has 0 aliphatic heterocycles. The molecule has 2 aromatic heterocycles. The van der Waals surface area contributed by atoms with Gasteiger partial charge < -0.3 is 9.73 Å². The van der Waals surface area contributed by atoms with Crippen molar-refractivity contribution < 1.29 is 4.42 Å². The van der Waals surface area contributed by atoms with Crippen molar-refractivity contribution in [2.45, 2.75) is 19.9 Å². The van der Waals surface area contributed by atoms with E-state index in [1.165, 1.54) is 0 Å². The third-order valence-electron chi connectivity index (χ3n) is 2.58. The first-order valence-electron chi connectivity index (χ1n) is 4.97. The maximum absolute atomic E-state index is 5.32. The third kappa shape index (κ3) is 1.88. The summed E-state index contributed by atoms with van der Waals surface area (Å²) < 4.78 is 7.17. The summed E-state index contributed by atoms with van der Waals surface area (Å²) in [5.74, 6) is 0.929. The maximum Gasteiger partial charge on any atom is 0.125 e. The SMILES string of the molecule is Cc1c(NC(C)c2ccco2)cnn1C. The summed E-state index contributed by atoms with van der Waals surface area (Å²) >= 11 is 0. The summed E-state index contributed by atoms with van der Waals surface area (Å²) in [4.78, 5) is 0. The Morgan fingerprint density at radius 3 is 2.87 bits per heavy atom. The lowest BCUT2D eigenvalue weighted by atomic mass is 10.2. The van der Waals surface area contributed by atoms with Crippen molar-refractivity contribution in [3.8, 4) is 0 Å². The number of aromatic nitrogens is 2. The van der Waals surface area contributed by atoms with Crippen molar-refractivity contribution in [3.63, 3.8) is 0 Å². The largest absolute Gasteiger partial charge is 0.467 e. The summed E-state index contributed by atoms with van der Waals surface area (Å²) in [6, 6.07) is 4.01. The lowest BCUT2D eigenvalue weighted by molar-refractivity contribution is 0.490. The fraction of sp³-hybridized carbons (Fsp3) is 0.364. The van der Waals surface area contributed by atoms with Gasteiger partial charge in [0.05, 0.1) is 29.9 Å². The first kappa shape index (κ1) is 9.83. The van der Waals surface area contributed by atoms with Crippen LogP contribution in [-0.2, 0) is 7.05 Å². The van der Waals surface area contributed by atoms with Gasteiger partial charge in [0, 0.05) is 7.05 Å². The van der Waals surface area contributed by atoms with Gasteiger partial charge in [-0.05, 0) is 26.0 Å². The summed E-state index contributed by atoms with van der Waals surface area (Å²) in [6.07, 6.45) is 3.51. The average molecular weight is 205 g/mol. The minimum atomic E-state index is 0.155. The van der Waals surface area contributed by atoms with Gasteiger partial charge in [0.15, 0.2) is 0 Å². The van der Waals surface area contributed by atoms with Gasteiger partial charge in [-0.3, -0.25) is 4.68 Å². The van der Waals surface area contributed by atoms with Gasteiger partial charge in [-0.1, -0.05) is 0 Å². The molecule has 0 saturated carbocycles. The molecule has 0 amide bonds. The summed E-state index contributed by atoms with van der Waals surface area (Å²) in [5, 5.41) is 7.53. The second kappa shape index (κ2) is 3.81. The molecular weight excluding hydrogens is 190 g/mol. The molecule has 15 heavy (non-hydrogen) atoms. The molecule has 1 N–H and O–H groups in total. The van der Waals surface area contributed by atoms with Crippen molar-refractivity contribution in [1.82, 2.24) is 9.78 Å². The molecule has 2 heterocycles. The molecule has 0 aromatic carbocycles. The van der Waals surface area contributed by atoms with Gasteiger partial charge >= 0.3 is 0 Å². The number of furan rings is 1. The normalized spacial score (nSPS) is 12.7. The van der Waals surface area contributed by atoms with Crippen LogP contribution in [0.25, 0.3) is 0 Å². The predicted octanol–water partition coefficient (Wildman–Crippen LogP) is 2.49. The van der Waals surface area contributed by atoms with E-state index < -0.39 is 0 Å². The highest BCUT2D eigenvalue weighted by Gasteiger charge is 2.10. The second-order valence-electron chi connectivity index (χ2n) is 3.65. The number of aryl methyl sites for hydroxylation is 1. The Morgan fingerprint density at radius 2 is 2.33 bits per heavy atom. The van der Waals surface area contributed by atoms with Crippen LogP contribution < -0.4 is 5.32 Å². The summed E-state index contributed by atoms with van der Waals surface area (Å²) in [7, 11) is 1.93. The highest BCUT2D eigenvalue weighted by atomic mass is 16.3. The molecule has 4 heteroatoms. The van der Waals surface area contributed by atoms with Crippen LogP contribution in [0.2, 0.25) is 0 Å². The average Bonchev–Trinajstić information content (AvgIpc) is 2.83. The minimum Gasteiger partial charge on any atom is -0.467 e. The molecule has 4 nitrogen and oxygen atoms in total. The molecular formula is C11H15N3O. The molecule has 0 fully saturated rings. The van der Waals surface area contributed by atoms with E-state index in [9.17, 15) is 0 Å². The van der Waals surface area contributed by atoms with Crippen LogP contribution in [0.3, 0.4) is 0 Å². The van der Waals surface area contributed by atoms with Crippen LogP contribution in [0.1, 0.15) is 24.4 Å². The topological polar surface area (TPSA) is 43.0 Å². The smallest absolute Gasteiger partial charge is 0.125 e. The Morgan fingerprint density at radius 1 is 1.53 bits per heavy atom. The lowest BCUT2D eigenvalue weighted by Gasteiger charge is -2.11. The van der Waals surface area contributed by atoms with E-state index >= 15 is 0 Å².